The Morgan fingerprint density at radius 1 is 0.938 bits per heavy atom. The van der Waals surface area contributed by atoms with Crippen LogP contribution in [0, 0.1) is 6.42 Å². The summed E-state index contributed by atoms with van der Waals surface area (Å²) >= 11 is 0. The molecule has 16 heavy (non-hydrogen) atoms. The van der Waals surface area contributed by atoms with Gasteiger partial charge in [-0.2, -0.15) is 13.3 Å². The Hall–Kier alpha value is 1.17. The minimum atomic E-state index is 0. The number of ether oxygens (including phenoxy) is 2. The van der Waals surface area contributed by atoms with E-state index < -0.39 is 0 Å². The molecule has 0 aliphatic carbocycles. The minimum absolute atomic E-state index is 0. The van der Waals surface area contributed by atoms with Crippen molar-refractivity contribution in [1.82, 2.24) is 0 Å². The van der Waals surface area contributed by atoms with Crippen LogP contribution in [-0.2, 0) is 9.47 Å². The van der Waals surface area contributed by atoms with Crippen molar-refractivity contribution >= 4 is 23.1 Å². The molecule has 0 aromatic carbocycles. The van der Waals surface area contributed by atoms with Crippen molar-refractivity contribution in [2.75, 3.05) is 20.0 Å². The summed E-state index contributed by atoms with van der Waals surface area (Å²) in [5.74, 6) is 0. The van der Waals surface area contributed by atoms with E-state index in [9.17, 15) is 0 Å². The molecular weight excluding hydrogens is 280 g/mol. The smallest absolute Gasteiger partial charge is 1.00 e. The van der Waals surface area contributed by atoms with Crippen LogP contribution in [0.3, 0.4) is 0 Å². The first-order chi connectivity index (χ1) is 6.91. The number of hydrogen-bond acceptors (Lipinski definition) is 2. The normalized spacial score (nSPS) is 9.38. The van der Waals surface area contributed by atoms with Gasteiger partial charge in [0.1, 0.15) is 6.79 Å². The molecule has 0 radical (unpaired) electrons. The first-order valence-corrected chi connectivity index (χ1v) is 5.85. The maximum absolute atomic E-state index is 5.33. The van der Waals surface area contributed by atoms with E-state index in [4.69, 9.17) is 9.47 Å². The van der Waals surface area contributed by atoms with Crippen molar-refractivity contribution in [2.45, 2.75) is 52.4 Å². The Bertz CT molecular complexity index is 93.0. The third kappa shape index (κ3) is 20.6. The molecule has 2 nitrogen and oxygen atoms in total. The van der Waals surface area contributed by atoms with Crippen LogP contribution in [-0.4, -0.2) is 43.1 Å². The summed E-state index contributed by atoms with van der Waals surface area (Å²) < 4.78 is 10.6. The van der Waals surface area contributed by atoms with Crippen molar-refractivity contribution in [3.05, 3.63) is 6.42 Å². The van der Waals surface area contributed by atoms with Gasteiger partial charge in [0.25, 0.3) is 0 Å². The van der Waals surface area contributed by atoms with Crippen LogP contribution >= 0.6 is 0 Å². The molecule has 0 N–H and O–H groups in total. The molecule has 0 aromatic heterocycles. The molecule has 0 amide bonds. The van der Waals surface area contributed by atoms with E-state index in [1.807, 2.05) is 0 Å². The van der Waals surface area contributed by atoms with E-state index >= 15 is 0 Å². The molecular formula is C12H25BrMgO2. The molecule has 0 aliphatic heterocycles. The number of hydrogen-bond donors (Lipinski definition) is 0. The van der Waals surface area contributed by atoms with Crippen molar-refractivity contribution in [3.63, 3.8) is 0 Å². The van der Waals surface area contributed by atoms with Gasteiger partial charge < -0.3 is 32.9 Å². The molecule has 0 saturated heterocycles. The second-order valence-corrected chi connectivity index (χ2v) is 3.55. The Balaban J connectivity index is -0.000000845. The fourth-order valence-corrected chi connectivity index (χ4v) is 1.20. The summed E-state index contributed by atoms with van der Waals surface area (Å²) in [7, 11) is 0. The topological polar surface area (TPSA) is 18.5 Å². The van der Waals surface area contributed by atoms with Crippen molar-refractivity contribution in [2.24, 2.45) is 0 Å². The molecule has 0 heterocycles. The number of rotatable bonds is 11. The molecule has 0 aromatic rings. The summed E-state index contributed by atoms with van der Waals surface area (Å²) in [6.07, 6.45) is 9.45. The van der Waals surface area contributed by atoms with Gasteiger partial charge in [-0.15, -0.1) is 0 Å². The van der Waals surface area contributed by atoms with Crippen molar-refractivity contribution in [1.29, 1.82) is 0 Å². The van der Waals surface area contributed by atoms with Gasteiger partial charge in [-0.3, -0.25) is 0 Å². The molecule has 0 unspecified atom stereocenters. The van der Waals surface area contributed by atoms with Gasteiger partial charge in [0, 0.05) is 13.2 Å². The first-order valence-electron chi connectivity index (χ1n) is 5.85. The zero-order valence-corrected chi connectivity index (χ0v) is 13.8. The fraction of sp³-hybridized carbons (Fsp3) is 0.917. The van der Waals surface area contributed by atoms with Gasteiger partial charge in [0.15, 0.2) is 0 Å². The zero-order chi connectivity index (χ0) is 10.5. The van der Waals surface area contributed by atoms with Gasteiger partial charge in [-0.1, -0.05) is 32.6 Å². The average Bonchev–Trinajstić information content (AvgIpc) is 2.21. The molecule has 0 fully saturated rings. The third-order valence-corrected chi connectivity index (χ3v) is 2.09. The molecule has 0 aliphatic rings. The molecule has 0 bridgehead atoms. The molecule has 0 spiro atoms. The maximum atomic E-state index is 5.33. The summed E-state index contributed by atoms with van der Waals surface area (Å²) in [5, 5.41) is 0. The predicted molar refractivity (Wildman–Crippen MR) is 65.9 cm³/mol. The van der Waals surface area contributed by atoms with E-state index in [2.05, 4.69) is 20.3 Å². The number of halogens is 1. The Morgan fingerprint density at radius 2 is 1.56 bits per heavy atom. The summed E-state index contributed by atoms with van der Waals surface area (Å²) in [6, 6.07) is 0. The van der Waals surface area contributed by atoms with Crippen LogP contribution < -0.4 is 17.0 Å². The van der Waals surface area contributed by atoms with Crippen LogP contribution in [0.25, 0.3) is 0 Å². The standard InChI is InChI=1S/C12H25O2.BrH.Mg/c1-3-5-7-9-11-14-12-13-10-8-6-4-2;;/h4H,3,5-12H2,1-2H3;1H;/q-1;;+2/p-1. The Morgan fingerprint density at radius 3 is 2.12 bits per heavy atom. The molecule has 0 atom stereocenters. The molecule has 94 valence electrons. The fourth-order valence-electron chi connectivity index (χ4n) is 1.20. The van der Waals surface area contributed by atoms with Crippen LogP contribution in [0.5, 0.6) is 0 Å². The van der Waals surface area contributed by atoms with Crippen LogP contribution in [0.2, 0.25) is 0 Å². The minimum Gasteiger partial charge on any atom is -1.00 e. The summed E-state index contributed by atoms with van der Waals surface area (Å²) in [5.41, 5.74) is 0. The summed E-state index contributed by atoms with van der Waals surface area (Å²) in [4.78, 5) is 0. The number of unbranched alkanes of at least 4 members (excludes halogenated alkanes) is 5. The molecule has 0 saturated carbocycles. The van der Waals surface area contributed by atoms with Crippen molar-refractivity contribution < 1.29 is 26.5 Å². The van der Waals surface area contributed by atoms with Gasteiger partial charge in [0.2, 0.25) is 0 Å². The van der Waals surface area contributed by atoms with E-state index in [1.54, 1.807) is 0 Å². The second-order valence-electron chi connectivity index (χ2n) is 3.55. The SMILES string of the molecule is C[CH-]CCCOCOCCCCCC.[Br-].[Mg+2]. The zero-order valence-electron chi connectivity index (χ0n) is 10.8. The summed E-state index contributed by atoms with van der Waals surface area (Å²) in [6.45, 7) is 6.42. The maximum Gasteiger partial charge on any atom is 2.00 e. The predicted octanol–water partition coefficient (Wildman–Crippen LogP) is 0.185. The molecule has 0 rings (SSSR count). The molecule has 4 heteroatoms. The van der Waals surface area contributed by atoms with E-state index in [-0.39, 0.29) is 40.0 Å². The first kappa shape index (κ1) is 22.4. The Kier molecular flexibility index (Phi) is 30.0. The largest absolute Gasteiger partial charge is 2.00 e. The second kappa shape index (κ2) is 21.5. The van der Waals surface area contributed by atoms with Crippen LogP contribution in [0.15, 0.2) is 0 Å². The van der Waals surface area contributed by atoms with E-state index in [0.717, 1.165) is 26.1 Å². The van der Waals surface area contributed by atoms with Crippen LogP contribution in [0.4, 0.5) is 0 Å². The Labute approximate surface area is 128 Å². The van der Waals surface area contributed by atoms with E-state index in [0.29, 0.717) is 6.79 Å². The average molecular weight is 306 g/mol. The van der Waals surface area contributed by atoms with Gasteiger partial charge in [-0.05, 0) is 6.42 Å². The van der Waals surface area contributed by atoms with Crippen LogP contribution in [0.1, 0.15) is 52.4 Å². The van der Waals surface area contributed by atoms with E-state index in [1.165, 1.54) is 25.7 Å². The van der Waals surface area contributed by atoms with Gasteiger partial charge in [-0.25, -0.2) is 0 Å². The van der Waals surface area contributed by atoms with Gasteiger partial charge >= 0.3 is 23.1 Å². The monoisotopic (exact) mass is 304 g/mol. The third-order valence-electron chi connectivity index (χ3n) is 2.09. The quantitative estimate of drug-likeness (QED) is 0.235. The van der Waals surface area contributed by atoms with Gasteiger partial charge in [0.05, 0.1) is 0 Å². The van der Waals surface area contributed by atoms with Crippen molar-refractivity contribution in [3.8, 4) is 0 Å².